The van der Waals surface area contributed by atoms with Crippen molar-refractivity contribution < 1.29 is 9.18 Å². The van der Waals surface area contributed by atoms with Crippen molar-refractivity contribution in [1.29, 1.82) is 0 Å². The number of carbonyl (C=O) groups excluding carboxylic acids is 1. The summed E-state index contributed by atoms with van der Waals surface area (Å²) in [4.78, 5) is 17.8. The van der Waals surface area contributed by atoms with Gasteiger partial charge < -0.3 is 5.32 Å². The van der Waals surface area contributed by atoms with E-state index >= 15 is 0 Å². The molecular weight excluding hydrogens is 367 g/mol. The van der Waals surface area contributed by atoms with Gasteiger partial charge in [-0.2, -0.15) is 5.10 Å². The topological polar surface area (TPSA) is 59.8 Å². The minimum absolute atomic E-state index is 0.201. The maximum absolute atomic E-state index is 13.1. The number of benzene rings is 2. The third-order valence-electron chi connectivity index (χ3n) is 5.09. The zero-order chi connectivity index (χ0) is 20.5. The maximum Gasteiger partial charge on any atom is 0.252 e. The lowest BCUT2D eigenvalue weighted by atomic mass is 10.0. The van der Waals surface area contributed by atoms with Gasteiger partial charge in [0.2, 0.25) is 0 Å². The average molecular weight is 388 g/mol. The van der Waals surface area contributed by atoms with Gasteiger partial charge in [-0.15, -0.1) is 0 Å². The summed E-state index contributed by atoms with van der Waals surface area (Å²) in [5, 5.41) is 8.18. The highest BCUT2D eigenvalue weighted by atomic mass is 19.1. The standard InChI is InChI=1S/C23H21FN4O/c1-14-22(15(2)28(3)27-14)21-12-19(18-6-4-5-7-20(18)26-21)23(29)25-13-16-8-10-17(24)11-9-16/h4-12H,13H2,1-3H3,(H,25,29). The summed E-state index contributed by atoms with van der Waals surface area (Å²) in [6.07, 6.45) is 0. The van der Waals surface area contributed by atoms with E-state index in [1.807, 2.05) is 55.9 Å². The number of halogens is 1. The van der Waals surface area contributed by atoms with Crippen LogP contribution in [0.25, 0.3) is 22.2 Å². The molecule has 0 fully saturated rings. The highest BCUT2D eigenvalue weighted by Crippen LogP contribution is 2.29. The molecule has 0 saturated heterocycles. The Kier molecular flexibility index (Phi) is 4.84. The van der Waals surface area contributed by atoms with Crippen LogP contribution in [0.4, 0.5) is 4.39 Å². The number of pyridine rings is 1. The molecule has 2 heterocycles. The summed E-state index contributed by atoms with van der Waals surface area (Å²) in [7, 11) is 1.89. The van der Waals surface area contributed by atoms with Gasteiger partial charge in [-0.05, 0) is 43.7 Å². The van der Waals surface area contributed by atoms with Crippen LogP contribution in [0.3, 0.4) is 0 Å². The zero-order valence-corrected chi connectivity index (χ0v) is 16.5. The summed E-state index contributed by atoms with van der Waals surface area (Å²) in [6, 6.07) is 15.5. The van der Waals surface area contributed by atoms with Crippen LogP contribution < -0.4 is 5.32 Å². The third-order valence-corrected chi connectivity index (χ3v) is 5.09. The van der Waals surface area contributed by atoms with E-state index in [0.29, 0.717) is 12.1 Å². The van der Waals surface area contributed by atoms with Gasteiger partial charge in [0.1, 0.15) is 5.82 Å². The molecule has 0 spiro atoms. The molecule has 29 heavy (non-hydrogen) atoms. The maximum atomic E-state index is 13.1. The second-order valence-corrected chi connectivity index (χ2v) is 7.05. The molecule has 0 radical (unpaired) electrons. The molecule has 1 N–H and O–H groups in total. The number of hydrogen-bond acceptors (Lipinski definition) is 3. The van der Waals surface area contributed by atoms with Crippen LogP contribution in [0.1, 0.15) is 27.3 Å². The molecule has 2 aromatic carbocycles. The number of aromatic nitrogens is 3. The number of fused-ring (bicyclic) bond motifs is 1. The molecule has 146 valence electrons. The highest BCUT2D eigenvalue weighted by Gasteiger charge is 2.18. The Labute approximate surface area is 168 Å². The number of nitrogens with zero attached hydrogens (tertiary/aromatic N) is 3. The second-order valence-electron chi connectivity index (χ2n) is 7.05. The normalized spacial score (nSPS) is 11.0. The van der Waals surface area contributed by atoms with Crippen LogP contribution >= 0.6 is 0 Å². The van der Waals surface area contributed by atoms with E-state index in [9.17, 15) is 9.18 Å². The van der Waals surface area contributed by atoms with E-state index in [1.165, 1.54) is 12.1 Å². The monoisotopic (exact) mass is 388 g/mol. The molecule has 0 aliphatic heterocycles. The Morgan fingerprint density at radius 2 is 1.83 bits per heavy atom. The molecule has 2 aromatic heterocycles. The van der Waals surface area contributed by atoms with Crippen LogP contribution in [0.5, 0.6) is 0 Å². The van der Waals surface area contributed by atoms with Gasteiger partial charge in [0.25, 0.3) is 5.91 Å². The van der Waals surface area contributed by atoms with Crippen LogP contribution in [-0.4, -0.2) is 20.7 Å². The number of hydrogen-bond donors (Lipinski definition) is 1. The Bertz CT molecular complexity index is 1210. The van der Waals surface area contributed by atoms with Crippen LogP contribution in [0.2, 0.25) is 0 Å². The summed E-state index contributed by atoms with van der Waals surface area (Å²) in [6.45, 7) is 4.24. The summed E-state index contributed by atoms with van der Waals surface area (Å²) in [5.74, 6) is -0.500. The molecule has 0 aliphatic carbocycles. The van der Waals surface area contributed by atoms with Gasteiger partial charge in [0.15, 0.2) is 0 Å². The number of nitrogens with one attached hydrogen (secondary N) is 1. The number of rotatable bonds is 4. The minimum Gasteiger partial charge on any atom is -0.348 e. The van der Waals surface area contributed by atoms with Crippen molar-refractivity contribution in [2.45, 2.75) is 20.4 Å². The SMILES string of the molecule is Cc1nn(C)c(C)c1-c1cc(C(=O)NCc2ccc(F)cc2)c2ccccc2n1. The van der Waals surface area contributed by atoms with Crippen molar-refractivity contribution in [3.05, 3.63) is 82.9 Å². The molecule has 0 unspecified atom stereocenters. The average Bonchev–Trinajstić information content (AvgIpc) is 2.98. The van der Waals surface area contributed by atoms with E-state index in [1.54, 1.807) is 12.1 Å². The lowest BCUT2D eigenvalue weighted by Crippen LogP contribution is -2.23. The van der Waals surface area contributed by atoms with E-state index in [4.69, 9.17) is 4.98 Å². The Balaban J connectivity index is 1.74. The number of amides is 1. The highest BCUT2D eigenvalue weighted by molar-refractivity contribution is 6.07. The lowest BCUT2D eigenvalue weighted by molar-refractivity contribution is 0.0952. The Morgan fingerprint density at radius 3 is 2.52 bits per heavy atom. The first-order valence-electron chi connectivity index (χ1n) is 9.37. The van der Waals surface area contributed by atoms with Crippen molar-refractivity contribution in [2.24, 2.45) is 7.05 Å². The smallest absolute Gasteiger partial charge is 0.252 e. The molecule has 0 saturated carbocycles. The van der Waals surface area contributed by atoms with E-state index < -0.39 is 0 Å². The lowest BCUT2D eigenvalue weighted by Gasteiger charge is -2.11. The molecule has 0 bridgehead atoms. The van der Waals surface area contributed by atoms with Gasteiger partial charge in [-0.1, -0.05) is 30.3 Å². The van der Waals surface area contributed by atoms with Crippen molar-refractivity contribution in [3.8, 4) is 11.3 Å². The van der Waals surface area contributed by atoms with Crippen molar-refractivity contribution in [1.82, 2.24) is 20.1 Å². The third kappa shape index (κ3) is 3.61. The van der Waals surface area contributed by atoms with Crippen LogP contribution in [-0.2, 0) is 13.6 Å². The van der Waals surface area contributed by atoms with Gasteiger partial charge in [-0.3, -0.25) is 9.48 Å². The van der Waals surface area contributed by atoms with E-state index in [0.717, 1.165) is 39.1 Å². The summed E-state index contributed by atoms with van der Waals surface area (Å²) < 4.78 is 14.9. The molecule has 1 amide bonds. The number of aryl methyl sites for hydroxylation is 2. The molecule has 0 aliphatic rings. The molecule has 4 rings (SSSR count). The summed E-state index contributed by atoms with van der Waals surface area (Å²) in [5.41, 5.74) is 5.64. The fourth-order valence-corrected chi connectivity index (χ4v) is 3.52. The molecule has 5 nitrogen and oxygen atoms in total. The van der Waals surface area contributed by atoms with Crippen molar-refractivity contribution >= 4 is 16.8 Å². The number of para-hydroxylation sites is 1. The number of carbonyl (C=O) groups is 1. The van der Waals surface area contributed by atoms with E-state index in [2.05, 4.69) is 10.4 Å². The first-order chi connectivity index (χ1) is 13.9. The molecular formula is C23H21FN4O. The summed E-state index contributed by atoms with van der Waals surface area (Å²) >= 11 is 0. The van der Waals surface area contributed by atoms with Gasteiger partial charge in [0.05, 0.1) is 22.5 Å². The van der Waals surface area contributed by atoms with Crippen LogP contribution in [0.15, 0.2) is 54.6 Å². The van der Waals surface area contributed by atoms with Gasteiger partial charge >= 0.3 is 0 Å². The predicted octanol–water partition coefficient (Wildman–Crippen LogP) is 4.32. The predicted molar refractivity (Wildman–Crippen MR) is 111 cm³/mol. The molecule has 4 aromatic rings. The Morgan fingerprint density at radius 1 is 1.10 bits per heavy atom. The zero-order valence-electron chi connectivity index (χ0n) is 16.5. The quantitative estimate of drug-likeness (QED) is 0.566. The molecule has 6 heteroatoms. The first kappa shape index (κ1) is 18.8. The minimum atomic E-state index is -0.299. The van der Waals surface area contributed by atoms with Gasteiger partial charge in [-0.25, -0.2) is 9.37 Å². The Hall–Kier alpha value is -3.54. The molecule has 0 atom stereocenters. The second kappa shape index (κ2) is 7.47. The largest absolute Gasteiger partial charge is 0.348 e. The van der Waals surface area contributed by atoms with E-state index in [-0.39, 0.29) is 11.7 Å². The van der Waals surface area contributed by atoms with Gasteiger partial charge in [0, 0.05) is 30.2 Å². The van der Waals surface area contributed by atoms with Crippen LogP contribution in [0, 0.1) is 19.7 Å². The van der Waals surface area contributed by atoms with Crippen molar-refractivity contribution in [3.63, 3.8) is 0 Å². The fourth-order valence-electron chi connectivity index (χ4n) is 3.52. The fraction of sp³-hybridized carbons (Fsp3) is 0.174. The van der Waals surface area contributed by atoms with Crippen molar-refractivity contribution in [2.75, 3.05) is 0 Å². The first-order valence-corrected chi connectivity index (χ1v) is 9.37.